The van der Waals surface area contributed by atoms with Crippen molar-refractivity contribution in [2.75, 3.05) is 21.3 Å². The molecule has 1 saturated heterocycles. The highest BCUT2D eigenvalue weighted by Gasteiger charge is 2.35. The van der Waals surface area contributed by atoms with E-state index in [1.54, 1.807) is 38.3 Å². The summed E-state index contributed by atoms with van der Waals surface area (Å²) >= 11 is 1.29. The maximum Gasteiger partial charge on any atom is 0.233 e. The van der Waals surface area contributed by atoms with Crippen molar-refractivity contribution in [3.8, 4) is 11.5 Å². The fraction of sp³-hybridized carbons (Fsp3) is 0.286. The second-order valence-corrected chi connectivity index (χ2v) is 7.52. The molecule has 2 amide bonds. The van der Waals surface area contributed by atoms with Gasteiger partial charge in [0.25, 0.3) is 0 Å². The number of carbonyl (C=O) groups is 2. The third-order valence-corrected chi connectivity index (χ3v) is 5.66. The molecular weight excluding hydrogens is 390 g/mol. The zero-order valence-corrected chi connectivity index (χ0v) is 17.4. The van der Waals surface area contributed by atoms with Crippen molar-refractivity contribution in [2.24, 2.45) is 4.99 Å². The summed E-state index contributed by atoms with van der Waals surface area (Å²) in [6, 6.07) is 14.8. The molecule has 1 heterocycles. The van der Waals surface area contributed by atoms with Crippen molar-refractivity contribution in [1.29, 1.82) is 0 Å². The van der Waals surface area contributed by atoms with Crippen LogP contribution in [0.5, 0.6) is 11.5 Å². The van der Waals surface area contributed by atoms with Crippen LogP contribution < -0.4 is 14.8 Å². The van der Waals surface area contributed by atoms with Crippen LogP contribution in [0.25, 0.3) is 0 Å². The number of amidine groups is 1. The number of benzene rings is 2. The number of ether oxygens (including phenoxy) is 2. The molecule has 29 heavy (non-hydrogen) atoms. The third-order valence-electron chi connectivity index (χ3n) is 4.48. The van der Waals surface area contributed by atoms with Crippen LogP contribution in [0.1, 0.15) is 12.0 Å². The van der Waals surface area contributed by atoms with Gasteiger partial charge in [-0.15, -0.1) is 0 Å². The highest BCUT2D eigenvalue weighted by molar-refractivity contribution is 8.15. The van der Waals surface area contributed by atoms with E-state index < -0.39 is 5.25 Å². The van der Waals surface area contributed by atoms with Gasteiger partial charge in [0.15, 0.2) is 5.17 Å². The maximum absolute atomic E-state index is 12.9. The van der Waals surface area contributed by atoms with Crippen molar-refractivity contribution in [3.63, 3.8) is 0 Å². The van der Waals surface area contributed by atoms with Gasteiger partial charge >= 0.3 is 0 Å². The molecule has 1 aliphatic heterocycles. The molecule has 0 radical (unpaired) electrons. The summed E-state index contributed by atoms with van der Waals surface area (Å²) in [5.74, 6) is 1.15. The molecule has 1 fully saturated rings. The molecule has 3 rings (SSSR count). The van der Waals surface area contributed by atoms with Gasteiger partial charge in [-0.1, -0.05) is 23.9 Å². The number of thioether (sulfide) groups is 1. The minimum atomic E-state index is -0.503. The van der Waals surface area contributed by atoms with Crippen LogP contribution in [0.3, 0.4) is 0 Å². The first-order valence-electron chi connectivity index (χ1n) is 9.08. The Morgan fingerprint density at radius 2 is 1.69 bits per heavy atom. The Labute approximate surface area is 174 Å². The number of methoxy groups -OCH3 is 2. The minimum Gasteiger partial charge on any atom is -0.497 e. The number of rotatable bonds is 6. The van der Waals surface area contributed by atoms with Crippen molar-refractivity contribution in [3.05, 3.63) is 54.1 Å². The molecule has 0 aromatic heterocycles. The van der Waals surface area contributed by atoms with E-state index in [1.807, 2.05) is 36.4 Å². The first kappa shape index (κ1) is 20.7. The Bertz CT molecular complexity index is 897. The topological polar surface area (TPSA) is 80.2 Å². The van der Waals surface area contributed by atoms with Gasteiger partial charge in [0, 0.05) is 13.5 Å². The molecule has 0 aliphatic carbocycles. The fourth-order valence-electron chi connectivity index (χ4n) is 2.84. The van der Waals surface area contributed by atoms with E-state index in [2.05, 4.69) is 10.3 Å². The number of hydrogen-bond donors (Lipinski definition) is 1. The van der Waals surface area contributed by atoms with Crippen LogP contribution in [0.2, 0.25) is 0 Å². The van der Waals surface area contributed by atoms with Gasteiger partial charge in [0.2, 0.25) is 11.8 Å². The van der Waals surface area contributed by atoms with Crippen LogP contribution in [-0.4, -0.2) is 48.4 Å². The molecule has 1 atom stereocenters. The summed E-state index contributed by atoms with van der Waals surface area (Å²) in [7, 11) is 4.77. The second-order valence-electron chi connectivity index (χ2n) is 6.35. The van der Waals surface area contributed by atoms with Crippen LogP contribution >= 0.6 is 11.8 Å². The lowest BCUT2D eigenvalue weighted by Crippen LogP contribution is -2.45. The SMILES string of the molecule is CNC(=O)C1CC(=O)N(Cc2ccc(OC)cc2)C(=Nc2ccc(OC)cc2)S1. The van der Waals surface area contributed by atoms with Crippen LogP contribution in [0.15, 0.2) is 53.5 Å². The Hall–Kier alpha value is -3.00. The lowest BCUT2D eigenvalue weighted by atomic mass is 10.2. The zero-order chi connectivity index (χ0) is 20.8. The molecule has 2 aromatic carbocycles. The second kappa shape index (κ2) is 9.47. The lowest BCUT2D eigenvalue weighted by Gasteiger charge is -2.31. The quantitative estimate of drug-likeness (QED) is 0.788. The van der Waals surface area contributed by atoms with Gasteiger partial charge in [-0.25, -0.2) is 4.99 Å². The van der Waals surface area contributed by atoms with Crippen LogP contribution in [0.4, 0.5) is 5.69 Å². The van der Waals surface area contributed by atoms with Gasteiger partial charge in [-0.2, -0.15) is 0 Å². The zero-order valence-electron chi connectivity index (χ0n) is 16.5. The highest BCUT2D eigenvalue weighted by atomic mass is 32.2. The standard InChI is InChI=1S/C21H23N3O4S/c1-22-20(26)18-12-19(25)24(13-14-4-8-16(27-2)9-5-14)21(29-18)23-15-6-10-17(28-3)11-7-15/h4-11,18H,12-13H2,1-3H3,(H,22,26). The normalized spacial score (nSPS) is 17.9. The monoisotopic (exact) mass is 413 g/mol. The molecule has 1 aliphatic rings. The smallest absolute Gasteiger partial charge is 0.233 e. The Balaban J connectivity index is 1.90. The van der Waals surface area contributed by atoms with Gasteiger partial charge in [0.05, 0.1) is 31.7 Å². The Morgan fingerprint density at radius 1 is 1.10 bits per heavy atom. The largest absolute Gasteiger partial charge is 0.497 e. The lowest BCUT2D eigenvalue weighted by molar-refractivity contribution is -0.130. The highest BCUT2D eigenvalue weighted by Crippen LogP contribution is 2.31. The molecule has 0 saturated carbocycles. The molecule has 1 N–H and O–H groups in total. The van der Waals surface area contributed by atoms with Crippen LogP contribution in [-0.2, 0) is 16.1 Å². The molecule has 0 spiro atoms. The molecule has 1 unspecified atom stereocenters. The van der Waals surface area contributed by atoms with Crippen molar-refractivity contribution >= 4 is 34.4 Å². The summed E-state index contributed by atoms with van der Waals surface area (Å²) in [5, 5.41) is 2.61. The number of hydrogen-bond acceptors (Lipinski definition) is 6. The maximum atomic E-state index is 12.9. The predicted octanol–water partition coefficient (Wildman–Crippen LogP) is 2.97. The minimum absolute atomic E-state index is 0.127. The average molecular weight is 413 g/mol. The van der Waals surface area contributed by atoms with E-state index in [1.165, 1.54) is 11.8 Å². The molecule has 0 bridgehead atoms. The first-order valence-corrected chi connectivity index (χ1v) is 9.96. The summed E-state index contributed by atoms with van der Waals surface area (Å²) in [5.41, 5.74) is 1.62. The van der Waals surface area contributed by atoms with Gasteiger partial charge in [-0.3, -0.25) is 14.5 Å². The van der Waals surface area contributed by atoms with E-state index in [0.717, 1.165) is 17.1 Å². The molecule has 152 valence electrons. The first-order chi connectivity index (χ1) is 14.0. The number of nitrogens with zero attached hydrogens (tertiary/aromatic N) is 2. The van der Waals surface area contributed by atoms with Gasteiger partial charge in [-0.05, 0) is 42.0 Å². The van der Waals surface area contributed by atoms with Crippen LogP contribution in [0, 0.1) is 0 Å². The molecule has 2 aromatic rings. The molecule has 8 heteroatoms. The fourth-order valence-corrected chi connectivity index (χ4v) is 4.00. The Morgan fingerprint density at radius 3 is 2.24 bits per heavy atom. The number of nitrogens with one attached hydrogen (secondary N) is 1. The van der Waals surface area contributed by atoms with E-state index in [4.69, 9.17) is 9.47 Å². The number of amides is 2. The number of aliphatic imine (C=N–C) groups is 1. The van der Waals surface area contributed by atoms with Gasteiger partial charge < -0.3 is 14.8 Å². The van der Waals surface area contributed by atoms with E-state index >= 15 is 0 Å². The van der Waals surface area contributed by atoms with E-state index in [0.29, 0.717) is 17.4 Å². The summed E-state index contributed by atoms with van der Waals surface area (Å²) < 4.78 is 10.4. The predicted molar refractivity (Wildman–Crippen MR) is 114 cm³/mol. The van der Waals surface area contributed by atoms with E-state index in [-0.39, 0.29) is 18.2 Å². The van der Waals surface area contributed by atoms with E-state index in [9.17, 15) is 9.59 Å². The van der Waals surface area contributed by atoms with Crippen molar-refractivity contribution in [1.82, 2.24) is 10.2 Å². The summed E-state index contributed by atoms with van der Waals surface area (Å²) in [6.07, 6.45) is 0.127. The summed E-state index contributed by atoms with van der Waals surface area (Å²) in [6.45, 7) is 0.366. The molecule has 7 nitrogen and oxygen atoms in total. The Kier molecular flexibility index (Phi) is 6.77. The van der Waals surface area contributed by atoms with Gasteiger partial charge in [0.1, 0.15) is 11.5 Å². The van der Waals surface area contributed by atoms with Crippen molar-refractivity contribution in [2.45, 2.75) is 18.2 Å². The summed E-state index contributed by atoms with van der Waals surface area (Å²) in [4.78, 5) is 31.3. The van der Waals surface area contributed by atoms with Crippen molar-refractivity contribution < 1.29 is 19.1 Å². The average Bonchev–Trinajstić information content (AvgIpc) is 2.76. The molecular formula is C21H23N3O4S. The third kappa shape index (κ3) is 5.08. The number of carbonyl (C=O) groups excluding carboxylic acids is 2.